The van der Waals surface area contributed by atoms with Crippen LogP contribution >= 0.6 is 0 Å². The molecule has 196 valence electrons. The van der Waals surface area contributed by atoms with Crippen molar-refractivity contribution >= 4 is 0 Å². The van der Waals surface area contributed by atoms with Crippen LogP contribution in [0.15, 0.2) is 115 Å². The minimum Gasteiger partial charge on any atom is -0.507 e. The molecule has 39 heavy (non-hydrogen) atoms. The van der Waals surface area contributed by atoms with Gasteiger partial charge in [-0.1, -0.05) is 116 Å². The average molecular weight is 513 g/mol. The van der Waals surface area contributed by atoms with E-state index in [1.54, 1.807) is 0 Å². The van der Waals surface area contributed by atoms with E-state index in [1.165, 1.54) is 16.7 Å². The lowest BCUT2D eigenvalue weighted by atomic mass is 9.64. The molecule has 0 saturated heterocycles. The third-order valence-electron chi connectivity index (χ3n) is 7.90. The van der Waals surface area contributed by atoms with E-state index in [4.69, 9.17) is 0 Å². The van der Waals surface area contributed by atoms with Crippen LogP contribution in [0.5, 0.6) is 11.5 Å². The smallest absolute Gasteiger partial charge is 0.123 e. The van der Waals surface area contributed by atoms with E-state index in [9.17, 15) is 10.2 Å². The van der Waals surface area contributed by atoms with Gasteiger partial charge in [-0.25, -0.2) is 0 Å². The van der Waals surface area contributed by atoms with Crippen molar-refractivity contribution in [3.63, 3.8) is 0 Å². The van der Waals surface area contributed by atoms with Crippen molar-refractivity contribution in [3.05, 3.63) is 143 Å². The Balaban J connectivity index is 1.84. The quantitative estimate of drug-likeness (QED) is 0.203. The highest BCUT2D eigenvalue weighted by molar-refractivity contribution is 5.75. The first kappa shape index (κ1) is 26.3. The summed E-state index contributed by atoms with van der Waals surface area (Å²) in [6, 6.07) is 39.0. The molecule has 5 rings (SSSR count). The van der Waals surface area contributed by atoms with Crippen LogP contribution < -0.4 is 0 Å². The Labute approximate surface area is 232 Å². The summed E-state index contributed by atoms with van der Waals surface area (Å²) in [4.78, 5) is 0. The van der Waals surface area contributed by atoms with Crippen molar-refractivity contribution in [1.29, 1.82) is 0 Å². The topological polar surface area (TPSA) is 40.5 Å². The Morgan fingerprint density at radius 2 is 1.10 bits per heavy atom. The summed E-state index contributed by atoms with van der Waals surface area (Å²) in [5.41, 5.74) is 9.09. The van der Waals surface area contributed by atoms with Crippen molar-refractivity contribution in [2.45, 2.75) is 45.4 Å². The molecule has 0 atom stereocenters. The summed E-state index contributed by atoms with van der Waals surface area (Å²) in [5, 5.41) is 21.9. The van der Waals surface area contributed by atoms with E-state index in [2.05, 4.69) is 63.2 Å². The highest BCUT2D eigenvalue weighted by atomic mass is 16.3. The highest BCUT2D eigenvalue weighted by Crippen LogP contribution is 2.48. The number of rotatable bonds is 8. The van der Waals surface area contributed by atoms with Crippen LogP contribution in [0, 0.1) is 13.8 Å². The number of aromatic hydroxyl groups is 2. The summed E-state index contributed by atoms with van der Waals surface area (Å²) < 4.78 is 0. The van der Waals surface area contributed by atoms with Crippen molar-refractivity contribution in [3.8, 4) is 33.8 Å². The second-order valence-corrected chi connectivity index (χ2v) is 10.5. The largest absolute Gasteiger partial charge is 0.507 e. The Bertz CT molecular complexity index is 1480. The molecular weight excluding hydrogens is 476 g/mol. The second kappa shape index (κ2) is 11.2. The van der Waals surface area contributed by atoms with Crippen LogP contribution in [0.2, 0.25) is 0 Å². The number of hydrogen-bond donors (Lipinski definition) is 2. The van der Waals surface area contributed by atoms with Crippen LogP contribution in [0.3, 0.4) is 0 Å². The molecule has 0 unspecified atom stereocenters. The van der Waals surface area contributed by atoms with Crippen molar-refractivity contribution < 1.29 is 10.2 Å². The van der Waals surface area contributed by atoms with Gasteiger partial charge in [0.05, 0.1) is 0 Å². The van der Waals surface area contributed by atoms with E-state index in [0.717, 1.165) is 52.6 Å². The van der Waals surface area contributed by atoms with Crippen LogP contribution in [0.25, 0.3) is 22.3 Å². The maximum absolute atomic E-state index is 11.0. The summed E-state index contributed by atoms with van der Waals surface area (Å²) in [6.45, 7) is 6.55. The van der Waals surface area contributed by atoms with Gasteiger partial charge in [-0.05, 0) is 77.9 Å². The zero-order valence-corrected chi connectivity index (χ0v) is 23.0. The number of phenolic OH excluding ortho intramolecular Hbond substituents is 2. The van der Waals surface area contributed by atoms with Gasteiger partial charge in [0.1, 0.15) is 11.5 Å². The molecule has 0 aliphatic carbocycles. The molecule has 0 heterocycles. The van der Waals surface area contributed by atoms with Gasteiger partial charge < -0.3 is 10.2 Å². The summed E-state index contributed by atoms with van der Waals surface area (Å²) in [7, 11) is 0. The van der Waals surface area contributed by atoms with E-state index in [1.807, 2.05) is 72.8 Å². The SMILES string of the molecule is CCCCC(c1ccc(O)c(-c2ccccc2)c1)(c1ccc(O)c(-c2ccccc2)c1)c1ccc(C)cc1C. The highest BCUT2D eigenvalue weighted by Gasteiger charge is 2.38. The van der Waals surface area contributed by atoms with Gasteiger partial charge in [-0.3, -0.25) is 0 Å². The van der Waals surface area contributed by atoms with Crippen molar-refractivity contribution in [1.82, 2.24) is 0 Å². The fourth-order valence-electron chi connectivity index (χ4n) is 5.94. The number of hydrogen-bond acceptors (Lipinski definition) is 2. The lowest BCUT2D eigenvalue weighted by Gasteiger charge is -2.38. The molecule has 0 amide bonds. The zero-order chi connectivity index (χ0) is 27.4. The van der Waals surface area contributed by atoms with E-state index >= 15 is 0 Å². The first-order chi connectivity index (χ1) is 18.9. The van der Waals surface area contributed by atoms with Gasteiger partial charge in [0.25, 0.3) is 0 Å². The molecule has 5 aromatic carbocycles. The van der Waals surface area contributed by atoms with Gasteiger partial charge in [-0.15, -0.1) is 0 Å². The molecule has 2 N–H and O–H groups in total. The molecule has 2 heteroatoms. The first-order valence-corrected chi connectivity index (χ1v) is 13.8. The molecule has 0 aliphatic rings. The predicted molar refractivity (Wildman–Crippen MR) is 162 cm³/mol. The van der Waals surface area contributed by atoms with Gasteiger partial charge in [-0.2, -0.15) is 0 Å². The summed E-state index contributed by atoms with van der Waals surface area (Å²) in [5.74, 6) is 0.538. The minimum absolute atomic E-state index is 0.269. The van der Waals surface area contributed by atoms with Gasteiger partial charge in [0.2, 0.25) is 0 Å². The Morgan fingerprint density at radius 3 is 1.56 bits per heavy atom. The molecule has 2 nitrogen and oxygen atoms in total. The maximum Gasteiger partial charge on any atom is 0.123 e. The van der Waals surface area contributed by atoms with Crippen LogP contribution in [-0.2, 0) is 5.41 Å². The normalized spacial score (nSPS) is 11.5. The molecule has 0 fully saturated rings. The molecule has 0 saturated carbocycles. The number of benzene rings is 5. The zero-order valence-electron chi connectivity index (χ0n) is 23.0. The number of aryl methyl sites for hydroxylation is 2. The van der Waals surface area contributed by atoms with Crippen LogP contribution in [0.1, 0.15) is 54.0 Å². The molecule has 0 aromatic heterocycles. The fourth-order valence-corrected chi connectivity index (χ4v) is 5.94. The van der Waals surface area contributed by atoms with E-state index in [0.29, 0.717) is 0 Å². The Hall–Kier alpha value is -4.30. The van der Waals surface area contributed by atoms with E-state index in [-0.39, 0.29) is 11.5 Å². The summed E-state index contributed by atoms with van der Waals surface area (Å²) >= 11 is 0. The van der Waals surface area contributed by atoms with Crippen LogP contribution in [0.4, 0.5) is 0 Å². The van der Waals surface area contributed by atoms with E-state index < -0.39 is 5.41 Å². The second-order valence-electron chi connectivity index (χ2n) is 10.5. The lowest BCUT2D eigenvalue weighted by Crippen LogP contribution is -2.30. The standard InChI is InChI=1S/C37H36O2/c1-4-5-22-37(34-19-16-26(2)23-27(34)3,30-17-20-35(38)32(24-30)28-12-8-6-9-13-28)31-18-21-36(39)33(25-31)29-14-10-7-11-15-29/h6-21,23-25,38-39H,4-5,22H2,1-3H3. The van der Waals surface area contributed by atoms with Gasteiger partial charge >= 0.3 is 0 Å². The molecule has 0 bridgehead atoms. The predicted octanol–water partition coefficient (Wildman–Crippen LogP) is 9.57. The molecule has 0 spiro atoms. The molecule has 5 aromatic rings. The Kier molecular flexibility index (Phi) is 7.56. The third kappa shape index (κ3) is 5.07. The molecular formula is C37H36O2. The number of unbranched alkanes of at least 4 members (excludes halogenated alkanes) is 1. The lowest BCUT2D eigenvalue weighted by molar-refractivity contribution is 0.473. The number of phenols is 2. The van der Waals surface area contributed by atoms with Gasteiger partial charge in [0.15, 0.2) is 0 Å². The summed E-state index contributed by atoms with van der Waals surface area (Å²) in [6.07, 6.45) is 2.97. The molecule has 0 aliphatic heterocycles. The first-order valence-electron chi connectivity index (χ1n) is 13.8. The Morgan fingerprint density at radius 1 is 0.590 bits per heavy atom. The van der Waals surface area contributed by atoms with Crippen molar-refractivity contribution in [2.24, 2.45) is 0 Å². The molecule has 0 radical (unpaired) electrons. The van der Waals surface area contributed by atoms with Crippen LogP contribution in [-0.4, -0.2) is 10.2 Å². The van der Waals surface area contributed by atoms with Crippen molar-refractivity contribution in [2.75, 3.05) is 0 Å². The minimum atomic E-state index is -0.484. The van der Waals surface area contributed by atoms with Gasteiger partial charge in [0, 0.05) is 16.5 Å². The average Bonchev–Trinajstić information content (AvgIpc) is 2.96. The monoisotopic (exact) mass is 512 g/mol. The fraction of sp³-hybridized carbons (Fsp3) is 0.189. The maximum atomic E-state index is 11.0. The third-order valence-corrected chi connectivity index (χ3v) is 7.90.